The molecule has 2 rings (SSSR count). The molecule has 2 aromatic rings. The van der Waals surface area contributed by atoms with Crippen molar-refractivity contribution in [3.63, 3.8) is 0 Å². The van der Waals surface area contributed by atoms with Crippen molar-refractivity contribution < 1.29 is 4.79 Å². The number of carbonyl (C=O) groups excluding carboxylic acids is 1. The average Bonchev–Trinajstić information content (AvgIpc) is 2.45. The van der Waals surface area contributed by atoms with Gasteiger partial charge in [-0.1, -0.05) is 24.6 Å². The number of benzene rings is 1. The van der Waals surface area contributed by atoms with E-state index < -0.39 is 0 Å². The summed E-state index contributed by atoms with van der Waals surface area (Å²) in [5.41, 5.74) is 1.93. The number of hydrogen-bond acceptors (Lipinski definition) is 4. The van der Waals surface area contributed by atoms with Crippen molar-refractivity contribution in [3.05, 3.63) is 40.9 Å². The lowest BCUT2D eigenvalue weighted by Crippen LogP contribution is -2.11. The lowest BCUT2D eigenvalue weighted by Gasteiger charge is -2.09. The number of amides is 1. The summed E-state index contributed by atoms with van der Waals surface area (Å²) in [5, 5.41) is 14.4. The zero-order chi connectivity index (χ0) is 14.5. The van der Waals surface area contributed by atoms with Crippen molar-refractivity contribution in [2.75, 3.05) is 10.6 Å². The average molecular weight is 291 g/mol. The number of halogens is 1. The number of rotatable bonds is 4. The van der Waals surface area contributed by atoms with E-state index in [2.05, 4.69) is 20.8 Å². The van der Waals surface area contributed by atoms with Gasteiger partial charge in [-0.25, -0.2) is 0 Å². The van der Waals surface area contributed by atoms with Crippen molar-refractivity contribution in [3.8, 4) is 0 Å². The fraction of sp³-hybridized carbons (Fsp3) is 0.214. The van der Waals surface area contributed by atoms with Crippen molar-refractivity contribution in [1.82, 2.24) is 10.2 Å². The van der Waals surface area contributed by atoms with Gasteiger partial charge in [0.2, 0.25) is 5.91 Å². The number of anilines is 3. The molecule has 0 saturated heterocycles. The Morgan fingerprint density at radius 1 is 1.20 bits per heavy atom. The van der Waals surface area contributed by atoms with Crippen LogP contribution in [0.2, 0.25) is 5.02 Å². The Balaban J connectivity index is 2.10. The first-order valence-corrected chi connectivity index (χ1v) is 6.63. The number of nitrogens with zero attached hydrogens (tertiary/aromatic N) is 2. The van der Waals surface area contributed by atoms with Gasteiger partial charge in [-0.05, 0) is 36.8 Å². The van der Waals surface area contributed by atoms with E-state index in [4.69, 9.17) is 11.6 Å². The molecule has 104 valence electrons. The third-order valence-corrected chi connectivity index (χ3v) is 2.95. The molecular formula is C14H15ClN4O. The Morgan fingerprint density at radius 2 is 1.90 bits per heavy atom. The molecule has 1 aromatic heterocycles. The summed E-state index contributed by atoms with van der Waals surface area (Å²) in [6.07, 6.45) is 0.406. The van der Waals surface area contributed by atoms with Gasteiger partial charge in [0.15, 0.2) is 11.6 Å². The molecule has 0 bridgehead atoms. The maximum absolute atomic E-state index is 11.2. The van der Waals surface area contributed by atoms with Crippen LogP contribution < -0.4 is 10.6 Å². The van der Waals surface area contributed by atoms with Crippen LogP contribution in [0, 0.1) is 6.92 Å². The molecule has 0 unspecified atom stereocenters. The highest BCUT2D eigenvalue weighted by Crippen LogP contribution is 2.23. The van der Waals surface area contributed by atoms with E-state index in [0.29, 0.717) is 23.1 Å². The van der Waals surface area contributed by atoms with Crippen LogP contribution in [-0.2, 0) is 4.79 Å². The quantitative estimate of drug-likeness (QED) is 0.904. The first kappa shape index (κ1) is 14.3. The molecule has 1 aromatic carbocycles. The number of aromatic nitrogens is 2. The molecule has 0 aliphatic carbocycles. The second-order valence-corrected chi connectivity index (χ2v) is 4.73. The number of aryl methyl sites for hydroxylation is 1. The number of nitrogens with one attached hydrogen (secondary N) is 2. The molecule has 0 atom stereocenters. The molecule has 1 heterocycles. The summed E-state index contributed by atoms with van der Waals surface area (Å²) >= 11 is 5.96. The molecular weight excluding hydrogens is 276 g/mol. The lowest BCUT2D eigenvalue weighted by atomic mass is 10.2. The van der Waals surface area contributed by atoms with Gasteiger partial charge in [0.25, 0.3) is 0 Å². The minimum Gasteiger partial charge on any atom is -0.338 e. The van der Waals surface area contributed by atoms with E-state index >= 15 is 0 Å². The largest absolute Gasteiger partial charge is 0.338 e. The predicted octanol–water partition coefficient (Wildman–Crippen LogP) is 3.53. The Bertz CT molecular complexity index is 613. The second kappa shape index (κ2) is 6.34. The fourth-order valence-corrected chi connectivity index (χ4v) is 1.74. The second-order valence-electron chi connectivity index (χ2n) is 4.29. The molecule has 1 amide bonds. The van der Waals surface area contributed by atoms with E-state index in [1.807, 2.05) is 25.1 Å². The molecule has 6 heteroatoms. The van der Waals surface area contributed by atoms with Crippen LogP contribution in [0.25, 0.3) is 0 Å². The standard InChI is InChI=1S/C14H15ClN4O/c1-3-14(20)17-13-7-6-12(18-19-13)16-11-8-10(15)5-4-9(11)2/h4-8H,3H2,1-2H3,(H,16,18)(H,17,19,20). The van der Waals surface area contributed by atoms with E-state index in [1.165, 1.54) is 0 Å². The van der Waals surface area contributed by atoms with Crippen LogP contribution in [0.3, 0.4) is 0 Å². The minimum absolute atomic E-state index is 0.0919. The zero-order valence-corrected chi connectivity index (χ0v) is 12.0. The van der Waals surface area contributed by atoms with Crippen molar-refractivity contribution in [2.45, 2.75) is 20.3 Å². The summed E-state index contributed by atoms with van der Waals surface area (Å²) in [6, 6.07) is 9.03. The fourth-order valence-electron chi connectivity index (χ4n) is 1.56. The van der Waals surface area contributed by atoms with E-state index in [0.717, 1.165) is 11.3 Å². The van der Waals surface area contributed by atoms with Crippen LogP contribution in [0.1, 0.15) is 18.9 Å². The zero-order valence-electron chi connectivity index (χ0n) is 11.3. The van der Waals surface area contributed by atoms with Crippen LogP contribution in [-0.4, -0.2) is 16.1 Å². The molecule has 0 fully saturated rings. The lowest BCUT2D eigenvalue weighted by molar-refractivity contribution is -0.115. The van der Waals surface area contributed by atoms with Gasteiger partial charge in [-0.3, -0.25) is 4.79 Å². The third kappa shape index (κ3) is 3.68. The summed E-state index contributed by atoms with van der Waals surface area (Å²) < 4.78 is 0. The van der Waals surface area contributed by atoms with Crippen molar-refractivity contribution in [1.29, 1.82) is 0 Å². The minimum atomic E-state index is -0.0919. The highest BCUT2D eigenvalue weighted by atomic mass is 35.5. The van der Waals surface area contributed by atoms with Crippen molar-refractivity contribution in [2.24, 2.45) is 0 Å². The predicted molar refractivity (Wildman–Crippen MR) is 80.4 cm³/mol. The van der Waals surface area contributed by atoms with Crippen LogP contribution in [0.5, 0.6) is 0 Å². The molecule has 0 spiro atoms. The molecule has 2 N–H and O–H groups in total. The summed E-state index contributed by atoms with van der Waals surface area (Å²) in [6.45, 7) is 3.75. The van der Waals surface area contributed by atoms with Gasteiger partial charge in [-0.15, -0.1) is 10.2 Å². The maximum atomic E-state index is 11.2. The van der Waals surface area contributed by atoms with Crippen LogP contribution >= 0.6 is 11.6 Å². The van der Waals surface area contributed by atoms with Gasteiger partial charge >= 0.3 is 0 Å². The Hall–Kier alpha value is -2.14. The van der Waals surface area contributed by atoms with Gasteiger partial charge in [-0.2, -0.15) is 0 Å². The van der Waals surface area contributed by atoms with E-state index in [1.54, 1.807) is 19.1 Å². The normalized spacial score (nSPS) is 10.2. The monoisotopic (exact) mass is 290 g/mol. The SMILES string of the molecule is CCC(=O)Nc1ccc(Nc2cc(Cl)ccc2C)nn1. The smallest absolute Gasteiger partial charge is 0.225 e. The Kier molecular flexibility index (Phi) is 4.53. The Labute approximate surface area is 122 Å². The molecule has 0 radical (unpaired) electrons. The van der Waals surface area contributed by atoms with E-state index in [9.17, 15) is 4.79 Å². The van der Waals surface area contributed by atoms with Crippen LogP contribution in [0.15, 0.2) is 30.3 Å². The van der Waals surface area contributed by atoms with Gasteiger partial charge in [0.05, 0.1) is 0 Å². The van der Waals surface area contributed by atoms with E-state index in [-0.39, 0.29) is 5.91 Å². The summed E-state index contributed by atoms with van der Waals surface area (Å²) in [5.74, 6) is 0.931. The van der Waals surface area contributed by atoms with Crippen molar-refractivity contribution >= 4 is 34.8 Å². The Morgan fingerprint density at radius 3 is 2.55 bits per heavy atom. The summed E-state index contributed by atoms with van der Waals surface area (Å²) in [7, 11) is 0. The highest BCUT2D eigenvalue weighted by Gasteiger charge is 2.04. The molecule has 0 saturated carbocycles. The first-order chi connectivity index (χ1) is 9.58. The first-order valence-electron chi connectivity index (χ1n) is 6.25. The number of hydrogen-bond donors (Lipinski definition) is 2. The molecule has 0 aliphatic heterocycles. The van der Waals surface area contributed by atoms with Gasteiger partial charge in [0.1, 0.15) is 0 Å². The summed E-state index contributed by atoms with van der Waals surface area (Å²) in [4.78, 5) is 11.2. The highest BCUT2D eigenvalue weighted by molar-refractivity contribution is 6.30. The molecule has 20 heavy (non-hydrogen) atoms. The van der Waals surface area contributed by atoms with Gasteiger partial charge < -0.3 is 10.6 Å². The third-order valence-electron chi connectivity index (χ3n) is 2.72. The van der Waals surface area contributed by atoms with Crippen LogP contribution in [0.4, 0.5) is 17.3 Å². The van der Waals surface area contributed by atoms with Gasteiger partial charge in [0, 0.05) is 17.1 Å². The topological polar surface area (TPSA) is 66.9 Å². The number of carbonyl (C=O) groups is 1. The maximum Gasteiger partial charge on any atom is 0.225 e. The molecule has 0 aliphatic rings. The molecule has 5 nitrogen and oxygen atoms in total.